The molecule has 0 spiro atoms. The van der Waals surface area contributed by atoms with E-state index < -0.39 is 0 Å². The number of amides is 1. The molecule has 2 nitrogen and oxygen atoms in total. The van der Waals surface area contributed by atoms with E-state index in [1.807, 2.05) is 30.3 Å². The summed E-state index contributed by atoms with van der Waals surface area (Å²) in [4.78, 5) is 11.9. The number of carbonyl (C=O) groups excluding carboxylic acids is 1. The highest BCUT2D eigenvalue weighted by Gasteiger charge is 2.09. The lowest BCUT2D eigenvalue weighted by Crippen LogP contribution is -2.23. The third-order valence-electron chi connectivity index (χ3n) is 2.52. The molecule has 0 unspecified atom stereocenters. The van der Waals surface area contributed by atoms with Gasteiger partial charge in [-0.2, -0.15) is 0 Å². The van der Waals surface area contributed by atoms with Crippen molar-refractivity contribution in [1.82, 2.24) is 5.32 Å². The molecule has 0 saturated carbocycles. The third kappa shape index (κ3) is 4.12. The lowest BCUT2D eigenvalue weighted by atomic mass is 10.2. The molecule has 0 saturated heterocycles. The van der Waals surface area contributed by atoms with E-state index in [-0.39, 0.29) is 12.5 Å². The van der Waals surface area contributed by atoms with Gasteiger partial charge in [-0.05, 0) is 30.3 Å². The van der Waals surface area contributed by atoms with Gasteiger partial charge in [0.1, 0.15) is 0 Å². The van der Waals surface area contributed by atoms with Gasteiger partial charge in [-0.15, -0.1) is 0 Å². The summed E-state index contributed by atoms with van der Waals surface area (Å²) in [6.07, 6.45) is 0. The van der Waals surface area contributed by atoms with Crippen LogP contribution in [-0.4, -0.2) is 12.5 Å². The van der Waals surface area contributed by atoms with Crippen LogP contribution in [0.5, 0.6) is 0 Å². The number of hydrogen-bond donors (Lipinski definition) is 1. The fourth-order valence-electron chi connectivity index (χ4n) is 1.56. The van der Waals surface area contributed by atoms with Gasteiger partial charge in [0.2, 0.25) is 0 Å². The summed E-state index contributed by atoms with van der Waals surface area (Å²) >= 11 is 9.29. The summed E-state index contributed by atoms with van der Waals surface area (Å²) in [5, 5.41) is 3.14. The van der Waals surface area contributed by atoms with Gasteiger partial charge in [-0.1, -0.05) is 57.6 Å². The Hall–Kier alpha value is -1.76. The maximum atomic E-state index is 11.9. The van der Waals surface area contributed by atoms with Gasteiger partial charge in [0, 0.05) is 10.0 Å². The topological polar surface area (TPSA) is 29.1 Å². The van der Waals surface area contributed by atoms with Crippen molar-refractivity contribution in [2.45, 2.75) is 0 Å². The van der Waals surface area contributed by atoms with Crippen molar-refractivity contribution >= 4 is 33.4 Å². The van der Waals surface area contributed by atoms with E-state index in [0.717, 1.165) is 10.0 Å². The summed E-state index contributed by atoms with van der Waals surface area (Å²) in [6, 6.07) is 14.8. The van der Waals surface area contributed by atoms with Gasteiger partial charge in [-0.25, -0.2) is 0 Å². The van der Waals surface area contributed by atoms with Crippen molar-refractivity contribution in [2.75, 3.05) is 6.54 Å². The summed E-state index contributed by atoms with van der Waals surface area (Å²) in [5.74, 6) is 5.63. The molecule has 2 aromatic carbocycles. The maximum absolute atomic E-state index is 11.9. The Morgan fingerprint density at radius 1 is 1.20 bits per heavy atom. The van der Waals surface area contributed by atoms with Gasteiger partial charge in [-0.3, -0.25) is 4.79 Å². The van der Waals surface area contributed by atoms with Crippen LogP contribution in [0.1, 0.15) is 15.9 Å². The second-order valence-electron chi connectivity index (χ2n) is 3.97. The minimum Gasteiger partial charge on any atom is -0.341 e. The van der Waals surface area contributed by atoms with Crippen molar-refractivity contribution in [1.29, 1.82) is 0 Å². The molecule has 0 atom stereocenters. The molecule has 0 aliphatic heterocycles. The standard InChI is InChI=1S/C16H11BrClNO/c17-13-8-9-15(18)14(11-13)16(20)19-10-4-7-12-5-2-1-3-6-12/h1-3,5-6,8-9,11H,10H2,(H,19,20). The Kier molecular flexibility index (Phi) is 5.23. The van der Waals surface area contributed by atoms with Gasteiger partial charge in [0.25, 0.3) is 5.91 Å². The quantitative estimate of drug-likeness (QED) is 0.820. The summed E-state index contributed by atoms with van der Waals surface area (Å²) in [5.41, 5.74) is 1.35. The van der Waals surface area contributed by atoms with Gasteiger partial charge >= 0.3 is 0 Å². The van der Waals surface area contributed by atoms with E-state index in [4.69, 9.17) is 11.6 Å². The Labute approximate surface area is 131 Å². The van der Waals surface area contributed by atoms with Gasteiger partial charge in [0.05, 0.1) is 17.1 Å². The molecule has 0 aromatic heterocycles. The molecule has 1 amide bonds. The van der Waals surface area contributed by atoms with Gasteiger partial charge in [0.15, 0.2) is 0 Å². The SMILES string of the molecule is O=C(NCC#Cc1ccccc1)c1cc(Br)ccc1Cl. The number of carbonyl (C=O) groups is 1. The molecular formula is C16H11BrClNO. The van der Waals surface area contributed by atoms with Crippen LogP contribution in [0.2, 0.25) is 5.02 Å². The van der Waals surface area contributed by atoms with Crippen LogP contribution in [0, 0.1) is 11.8 Å². The lowest BCUT2D eigenvalue weighted by Gasteiger charge is -2.04. The van der Waals surface area contributed by atoms with Crippen LogP contribution in [0.4, 0.5) is 0 Å². The maximum Gasteiger partial charge on any atom is 0.253 e. The monoisotopic (exact) mass is 347 g/mol. The van der Waals surface area contributed by atoms with Crippen molar-refractivity contribution < 1.29 is 4.79 Å². The van der Waals surface area contributed by atoms with E-state index in [9.17, 15) is 4.79 Å². The molecule has 20 heavy (non-hydrogen) atoms. The highest BCUT2D eigenvalue weighted by Crippen LogP contribution is 2.20. The zero-order chi connectivity index (χ0) is 14.4. The molecule has 0 radical (unpaired) electrons. The molecule has 0 bridgehead atoms. The van der Waals surface area contributed by atoms with Crippen LogP contribution >= 0.6 is 27.5 Å². The first-order valence-corrected chi connectivity index (χ1v) is 7.11. The minimum absolute atomic E-state index is 0.237. The average Bonchev–Trinajstić information content (AvgIpc) is 2.47. The zero-order valence-corrected chi connectivity index (χ0v) is 12.8. The Morgan fingerprint density at radius 3 is 2.70 bits per heavy atom. The smallest absolute Gasteiger partial charge is 0.253 e. The largest absolute Gasteiger partial charge is 0.341 e. The fourth-order valence-corrected chi connectivity index (χ4v) is 2.12. The fraction of sp³-hybridized carbons (Fsp3) is 0.0625. The zero-order valence-electron chi connectivity index (χ0n) is 10.5. The summed E-state index contributed by atoms with van der Waals surface area (Å²) in [7, 11) is 0. The van der Waals surface area contributed by atoms with Crippen LogP contribution < -0.4 is 5.32 Å². The number of nitrogens with one attached hydrogen (secondary N) is 1. The molecule has 4 heteroatoms. The Bertz CT molecular complexity index is 674. The summed E-state index contributed by atoms with van der Waals surface area (Å²) in [6.45, 7) is 0.274. The molecule has 1 N–H and O–H groups in total. The van der Waals surface area contributed by atoms with E-state index in [1.165, 1.54) is 0 Å². The van der Waals surface area contributed by atoms with Crippen LogP contribution in [-0.2, 0) is 0 Å². The number of benzene rings is 2. The highest BCUT2D eigenvalue weighted by molar-refractivity contribution is 9.10. The predicted octanol–water partition coefficient (Wildman–Crippen LogP) is 3.88. The molecule has 100 valence electrons. The van der Waals surface area contributed by atoms with Crippen molar-refractivity contribution in [3.8, 4) is 11.8 Å². The Morgan fingerprint density at radius 2 is 1.95 bits per heavy atom. The first-order chi connectivity index (χ1) is 9.66. The lowest BCUT2D eigenvalue weighted by molar-refractivity contribution is 0.0959. The van der Waals surface area contributed by atoms with E-state index in [0.29, 0.717) is 10.6 Å². The first-order valence-electron chi connectivity index (χ1n) is 5.94. The number of halogens is 2. The van der Waals surface area contributed by atoms with Crippen LogP contribution in [0.25, 0.3) is 0 Å². The minimum atomic E-state index is -0.237. The van der Waals surface area contributed by atoms with E-state index in [1.54, 1.807) is 18.2 Å². The predicted molar refractivity (Wildman–Crippen MR) is 84.8 cm³/mol. The number of hydrogen-bond acceptors (Lipinski definition) is 1. The summed E-state index contributed by atoms with van der Waals surface area (Å²) < 4.78 is 0.808. The first kappa shape index (κ1) is 14.6. The highest BCUT2D eigenvalue weighted by atomic mass is 79.9. The van der Waals surface area contributed by atoms with Crippen molar-refractivity contribution in [3.05, 3.63) is 69.2 Å². The second kappa shape index (κ2) is 7.14. The van der Waals surface area contributed by atoms with E-state index >= 15 is 0 Å². The molecule has 0 aliphatic carbocycles. The van der Waals surface area contributed by atoms with E-state index in [2.05, 4.69) is 33.1 Å². The molecular weight excluding hydrogens is 338 g/mol. The molecule has 0 fully saturated rings. The van der Waals surface area contributed by atoms with Gasteiger partial charge < -0.3 is 5.32 Å². The van der Waals surface area contributed by atoms with Crippen LogP contribution in [0.15, 0.2) is 53.0 Å². The van der Waals surface area contributed by atoms with Crippen molar-refractivity contribution in [3.63, 3.8) is 0 Å². The third-order valence-corrected chi connectivity index (χ3v) is 3.34. The molecule has 0 aliphatic rings. The molecule has 2 aromatic rings. The average molecular weight is 349 g/mol. The second-order valence-corrected chi connectivity index (χ2v) is 5.30. The van der Waals surface area contributed by atoms with Crippen molar-refractivity contribution in [2.24, 2.45) is 0 Å². The normalized spacial score (nSPS) is 9.50. The van der Waals surface area contributed by atoms with Crippen LogP contribution in [0.3, 0.4) is 0 Å². The molecule has 2 rings (SSSR count). The Balaban J connectivity index is 1.96. The number of rotatable bonds is 2. The molecule has 0 heterocycles.